The van der Waals surface area contributed by atoms with Crippen LogP contribution in [0.15, 0.2) is 146 Å². The molecule has 0 unspecified atom stereocenters. The average molecular weight is 1170 g/mol. The number of aromatic nitrogens is 4. The van der Waals surface area contributed by atoms with Crippen LogP contribution in [-0.2, 0) is 48.1 Å². The molecule has 7 aromatic carbocycles. The van der Waals surface area contributed by atoms with Crippen molar-refractivity contribution < 1.29 is 30.6 Å². The maximum absolute atomic E-state index is 15.2. The molecule has 0 aliphatic rings. The van der Waals surface area contributed by atoms with Crippen LogP contribution in [0, 0.1) is 11.9 Å². The summed E-state index contributed by atoms with van der Waals surface area (Å²) in [6, 6.07) is 52.2. The fourth-order valence-electron chi connectivity index (χ4n) is 10.1. The van der Waals surface area contributed by atoms with Crippen LogP contribution in [0.2, 0.25) is 0 Å². The standard InChI is InChI=1S/C68H70FN4O.Pt/c1-64(2,3)45-30-43(53-20-18-22-59-62(53)71-63(56-40-50(69)24-26-61(56)74)73(59)52-38-48(67(10,11)12)35-49(39-52)68(13,14)15)29-44(31-45)57-32-42(27-28-70-57)41-23-25-55-54-19-16-17-21-58(54)72(60(55)33-41)51-36-46(65(4,5)6)34-47(37-51)66(7,8)9;/h16-28,30-40,74H,1-15H3;/q-1;. The Morgan fingerprint density at radius 3 is 1.57 bits per heavy atom. The Morgan fingerprint density at radius 1 is 0.453 bits per heavy atom. The van der Waals surface area contributed by atoms with Gasteiger partial charge in [-0.15, -0.1) is 29.3 Å². The van der Waals surface area contributed by atoms with Gasteiger partial charge < -0.3 is 9.67 Å². The van der Waals surface area contributed by atoms with Gasteiger partial charge in [0.05, 0.1) is 27.6 Å². The number of benzene rings is 7. The van der Waals surface area contributed by atoms with E-state index in [0.29, 0.717) is 16.9 Å². The molecule has 0 spiro atoms. The van der Waals surface area contributed by atoms with Crippen molar-refractivity contribution in [3.8, 4) is 62.0 Å². The summed E-state index contributed by atoms with van der Waals surface area (Å²) in [6.07, 6.45) is 1.90. The Balaban J connectivity index is 0.00000689. The largest absolute Gasteiger partial charge is 0.507 e. The van der Waals surface area contributed by atoms with E-state index in [9.17, 15) is 5.11 Å². The van der Waals surface area contributed by atoms with E-state index in [2.05, 4.69) is 240 Å². The summed E-state index contributed by atoms with van der Waals surface area (Å²) in [5.74, 6) is -0.0551. The molecule has 10 aromatic rings. The summed E-state index contributed by atoms with van der Waals surface area (Å²) >= 11 is 0. The van der Waals surface area contributed by atoms with Gasteiger partial charge in [-0.3, -0.25) is 9.55 Å². The number of halogens is 1. The fraction of sp³-hybridized carbons (Fsp3) is 0.294. The topological polar surface area (TPSA) is 55.9 Å². The molecule has 75 heavy (non-hydrogen) atoms. The van der Waals surface area contributed by atoms with Crippen molar-refractivity contribution in [3.05, 3.63) is 185 Å². The number of pyridine rings is 1. The second-order valence-electron chi connectivity index (χ2n) is 25.6. The Bertz CT molecular complexity index is 3770. The zero-order valence-electron chi connectivity index (χ0n) is 46.3. The van der Waals surface area contributed by atoms with E-state index in [4.69, 9.17) is 9.97 Å². The van der Waals surface area contributed by atoms with Crippen LogP contribution >= 0.6 is 0 Å². The van der Waals surface area contributed by atoms with Crippen LogP contribution in [-0.4, -0.2) is 24.2 Å². The molecule has 0 saturated carbocycles. The van der Waals surface area contributed by atoms with Crippen molar-refractivity contribution in [2.45, 2.75) is 131 Å². The van der Waals surface area contributed by atoms with E-state index in [1.54, 1.807) is 0 Å². The maximum atomic E-state index is 15.2. The monoisotopic (exact) mass is 1170 g/mol. The van der Waals surface area contributed by atoms with Gasteiger partial charge in [0.1, 0.15) is 17.4 Å². The molecule has 1 N–H and O–H groups in total. The maximum Gasteiger partial charge on any atom is 0.148 e. The summed E-state index contributed by atoms with van der Waals surface area (Å²) in [4.78, 5) is 10.4. The Kier molecular flexibility index (Phi) is 13.4. The first-order chi connectivity index (χ1) is 34.6. The molecule has 0 bridgehead atoms. The van der Waals surface area contributed by atoms with E-state index in [1.807, 2.05) is 6.20 Å². The predicted octanol–water partition coefficient (Wildman–Crippen LogP) is 18.3. The van der Waals surface area contributed by atoms with E-state index in [-0.39, 0.29) is 53.9 Å². The first kappa shape index (κ1) is 53.2. The second kappa shape index (κ2) is 18.9. The molecule has 0 saturated heterocycles. The molecule has 0 radical (unpaired) electrons. The van der Waals surface area contributed by atoms with Gasteiger partial charge in [0.15, 0.2) is 0 Å². The van der Waals surface area contributed by atoms with Crippen LogP contribution < -0.4 is 0 Å². The van der Waals surface area contributed by atoms with Crippen molar-refractivity contribution in [2.75, 3.05) is 0 Å². The number of rotatable bonds is 6. The van der Waals surface area contributed by atoms with Crippen molar-refractivity contribution in [1.82, 2.24) is 19.1 Å². The number of imidazole rings is 1. The molecule has 3 aromatic heterocycles. The number of phenolic OH excluding ortho intramolecular Hbond substituents is 1. The van der Waals surface area contributed by atoms with E-state index >= 15 is 4.39 Å². The predicted molar refractivity (Wildman–Crippen MR) is 309 cm³/mol. The van der Waals surface area contributed by atoms with Crippen LogP contribution in [0.25, 0.3) is 89.1 Å². The number of hydrogen-bond acceptors (Lipinski definition) is 3. The van der Waals surface area contributed by atoms with Crippen LogP contribution in [0.4, 0.5) is 4.39 Å². The molecule has 386 valence electrons. The molecule has 5 nitrogen and oxygen atoms in total. The van der Waals surface area contributed by atoms with Crippen molar-refractivity contribution in [2.24, 2.45) is 0 Å². The number of hydrogen-bond donors (Lipinski definition) is 1. The minimum atomic E-state index is -0.455. The smallest absolute Gasteiger partial charge is 0.148 e. The molecule has 0 atom stereocenters. The van der Waals surface area contributed by atoms with Gasteiger partial charge in [0.2, 0.25) is 0 Å². The van der Waals surface area contributed by atoms with Gasteiger partial charge in [0, 0.05) is 55.1 Å². The molecule has 0 fully saturated rings. The van der Waals surface area contributed by atoms with Gasteiger partial charge in [-0.2, -0.15) is 0 Å². The van der Waals surface area contributed by atoms with Gasteiger partial charge in [0.25, 0.3) is 0 Å². The third-order valence-corrected chi connectivity index (χ3v) is 14.8. The van der Waals surface area contributed by atoms with Crippen molar-refractivity contribution >= 4 is 32.8 Å². The first-order valence-electron chi connectivity index (χ1n) is 26.0. The third kappa shape index (κ3) is 10.2. The van der Waals surface area contributed by atoms with Crippen molar-refractivity contribution in [3.63, 3.8) is 0 Å². The molecule has 10 rings (SSSR count). The number of aromatic hydroxyl groups is 1. The van der Waals surface area contributed by atoms with Crippen LogP contribution in [0.5, 0.6) is 5.75 Å². The summed E-state index contributed by atoms with van der Waals surface area (Å²) in [5, 5.41) is 13.8. The molecule has 0 aliphatic heterocycles. The first-order valence-corrected chi connectivity index (χ1v) is 26.0. The van der Waals surface area contributed by atoms with E-state index in [0.717, 1.165) is 61.5 Å². The summed E-state index contributed by atoms with van der Waals surface area (Å²) in [7, 11) is 0. The van der Waals surface area contributed by atoms with Gasteiger partial charge in [-0.05, 0) is 127 Å². The van der Waals surface area contributed by atoms with Gasteiger partial charge in [-0.25, -0.2) is 9.37 Å². The Morgan fingerprint density at radius 2 is 0.973 bits per heavy atom. The third-order valence-electron chi connectivity index (χ3n) is 14.8. The Labute approximate surface area is 458 Å². The quantitative estimate of drug-likeness (QED) is 0.169. The Hall–Kier alpha value is -6.62. The molecule has 0 aliphatic carbocycles. The minimum absolute atomic E-state index is 0. The van der Waals surface area contributed by atoms with E-state index in [1.165, 1.54) is 56.7 Å². The SMILES string of the molecule is CC(C)(C)c1cc(-c2cc(-c3ccc4c5ccccc5n(-c5cc(C(C)(C)C)cc(C(C)(C)C)c5)c4c3)ccn2)[c-]c(-c2cccc3c2nc(-c2cc(F)ccc2O)n3-c2cc(C(C)(C)C)cc(C(C)(C)C)c2)c1.[Pt]. The zero-order valence-corrected chi connectivity index (χ0v) is 48.6. The second-order valence-corrected chi connectivity index (χ2v) is 25.6. The fourth-order valence-corrected chi connectivity index (χ4v) is 10.1. The summed E-state index contributed by atoms with van der Waals surface area (Å²) < 4.78 is 19.8. The normalized spacial score (nSPS) is 12.7. The van der Waals surface area contributed by atoms with E-state index < -0.39 is 5.82 Å². The zero-order chi connectivity index (χ0) is 53.0. The minimum Gasteiger partial charge on any atom is -0.507 e. The summed E-state index contributed by atoms with van der Waals surface area (Å²) in [5.41, 5.74) is 17.2. The number of para-hydroxylation sites is 2. The number of phenols is 1. The van der Waals surface area contributed by atoms with Crippen LogP contribution in [0.3, 0.4) is 0 Å². The average Bonchev–Trinajstić information content (AvgIpc) is 3.89. The van der Waals surface area contributed by atoms with Gasteiger partial charge in [-0.1, -0.05) is 176 Å². The summed E-state index contributed by atoms with van der Waals surface area (Å²) in [6.45, 7) is 33.8. The number of nitrogens with zero attached hydrogens (tertiary/aromatic N) is 4. The molecular formula is C68H70FN4OPt-. The van der Waals surface area contributed by atoms with Gasteiger partial charge >= 0.3 is 0 Å². The molecule has 0 amide bonds. The number of fused-ring (bicyclic) bond motifs is 4. The van der Waals surface area contributed by atoms with Crippen molar-refractivity contribution in [1.29, 1.82) is 0 Å². The molecule has 7 heteroatoms. The van der Waals surface area contributed by atoms with Crippen LogP contribution in [0.1, 0.15) is 132 Å². The molecular weight excluding hydrogens is 1100 g/mol. The molecule has 3 heterocycles.